The second kappa shape index (κ2) is 28.2. The molecule has 15 aromatic carbocycles. The van der Waals surface area contributed by atoms with Gasteiger partial charge in [-0.05, 0) is 286 Å². The summed E-state index contributed by atoms with van der Waals surface area (Å²) >= 11 is 0. The van der Waals surface area contributed by atoms with Crippen molar-refractivity contribution in [1.29, 1.82) is 0 Å². The highest BCUT2D eigenvalue weighted by Crippen LogP contribution is 2.52. The molecule has 0 N–H and O–H groups in total. The molecule has 0 atom stereocenters. The summed E-state index contributed by atoms with van der Waals surface area (Å²) in [4.78, 5) is 8.71. The summed E-state index contributed by atoms with van der Waals surface area (Å²) in [6.07, 6.45) is 30.1. The fourth-order valence-electron chi connectivity index (χ4n) is 17.0. The maximum Gasteiger partial charge on any atom is 0.0273 e. The first-order valence-electron chi connectivity index (χ1n) is 37.8. The molecule has 0 amide bonds. The van der Waals surface area contributed by atoms with Gasteiger partial charge in [0.15, 0.2) is 0 Å². The summed E-state index contributed by atoms with van der Waals surface area (Å²) in [5, 5.41) is 14.4. The normalized spacial score (nSPS) is 13.3. The fraction of sp³-hybridized carbons (Fsp3) is 0.0566. The monoisotopic (exact) mass is 1380 g/mol. The predicted octanol–water partition coefficient (Wildman–Crippen LogP) is 29.4. The van der Waals surface area contributed by atoms with Crippen LogP contribution >= 0.6 is 0 Å². The lowest BCUT2D eigenvalue weighted by Crippen LogP contribution is -1.95. The van der Waals surface area contributed by atoms with Gasteiger partial charge in [0.2, 0.25) is 0 Å². The van der Waals surface area contributed by atoms with Crippen molar-refractivity contribution in [3.63, 3.8) is 0 Å². The molecule has 0 bridgehead atoms. The number of nitrogens with zero attached hydrogens (tertiary/aromatic N) is 2. The Labute approximate surface area is 631 Å². The molecule has 0 radical (unpaired) electrons. The van der Waals surface area contributed by atoms with Crippen LogP contribution in [0.25, 0.3) is 187 Å². The second-order valence-electron chi connectivity index (χ2n) is 29.0. The molecule has 510 valence electrons. The minimum Gasteiger partial charge on any atom is -0.265 e. The molecule has 0 fully saturated rings. The third-order valence-electron chi connectivity index (χ3n) is 22.4. The van der Waals surface area contributed by atoms with Gasteiger partial charge in [-0.1, -0.05) is 315 Å². The van der Waals surface area contributed by atoms with Crippen LogP contribution in [-0.4, -0.2) is 9.97 Å². The minimum atomic E-state index is 1.03. The van der Waals surface area contributed by atoms with Crippen molar-refractivity contribution < 1.29 is 0 Å². The summed E-state index contributed by atoms with van der Waals surface area (Å²) in [5.74, 6) is 0. The van der Waals surface area contributed by atoms with Crippen molar-refractivity contribution in [1.82, 2.24) is 9.97 Å². The zero-order valence-corrected chi connectivity index (χ0v) is 60.5. The third-order valence-corrected chi connectivity index (χ3v) is 22.4. The lowest BCUT2D eigenvalue weighted by atomic mass is 9.81. The maximum atomic E-state index is 4.35. The molecule has 0 spiro atoms. The van der Waals surface area contributed by atoms with Crippen LogP contribution in [0.15, 0.2) is 388 Å². The molecule has 17 aromatic rings. The summed E-state index contributed by atoms with van der Waals surface area (Å²) in [7, 11) is 0. The van der Waals surface area contributed by atoms with Gasteiger partial charge in [0.05, 0.1) is 0 Å². The summed E-state index contributed by atoms with van der Waals surface area (Å²) in [6, 6.07) is 115. The Morgan fingerprint density at radius 1 is 0.194 bits per heavy atom. The summed E-state index contributed by atoms with van der Waals surface area (Å²) in [6.45, 7) is 4.48. The number of fused-ring (bicyclic) bond motifs is 6. The van der Waals surface area contributed by atoms with E-state index in [1.807, 2.05) is 24.8 Å². The molecule has 0 unspecified atom stereocenters. The Hall–Kier alpha value is -13.4. The predicted molar refractivity (Wildman–Crippen MR) is 462 cm³/mol. The highest BCUT2D eigenvalue weighted by atomic mass is 14.6. The first-order valence-corrected chi connectivity index (χ1v) is 37.8. The van der Waals surface area contributed by atoms with Crippen LogP contribution < -0.4 is 0 Å². The van der Waals surface area contributed by atoms with Gasteiger partial charge in [-0.3, -0.25) is 9.97 Å². The number of aromatic nitrogens is 2. The van der Waals surface area contributed by atoms with Crippen LogP contribution in [0.5, 0.6) is 0 Å². The van der Waals surface area contributed by atoms with E-state index in [4.69, 9.17) is 0 Å². The Bertz CT molecular complexity index is 6110. The van der Waals surface area contributed by atoms with Gasteiger partial charge >= 0.3 is 0 Å². The molecular formula is C106H76N2. The van der Waals surface area contributed by atoms with E-state index in [0.717, 1.165) is 70.2 Å². The Morgan fingerprint density at radius 2 is 0.435 bits per heavy atom. The highest BCUT2D eigenvalue weighted by Gasteiger charge is 2.25. The summed E-state index contributed by atoms with van der Waals surface area (Å²) in [5.41, 5.74) is 31.2. The quantitative estimate of drug-likeness (QED) is 0.114. The number of pyridine rings is 2. The van der Waals surface area contributed by atoms with E-state index >= 15 is 0 Å². The molecule has 2 aliphatic carbocycles. The first kappa shape index (κ1) is 65.4. The number of benzene rings is 15. The van der Waals surface area contributed by atoms with E-state index in [1.165, 1.54) is 165 Å². The molecular weight excluding hydrogens is 1300 g/mol. The molecule has 2 aliphatic rings. The molecule has 108 heavy (non-hydrogen) atoms. The van der Waals surface area contributed by atoms with E-state index < -0.39 is 0 Å². The van der Waals surface area contributed by atoms with E-state index in [-0.39, 0.29) is 0 Å². The Balaban J connectivity index is 0.849. The minimum absolute atomic E-state index is 1.03. The average molecular weight is 1380 g/mol. The molecule has 2 heterocycles. The van der Waals surface area contributed by atoms with Crippen LogP contribution in [-0.2, 0) is 0 Å². The van der Waals surface area contributed by atoms with Gasteiger partial charge in [0.25, 0.3) is 0 Å². The molecule has 19 rings (SSSR count). The largest absolute Gasteiger partial charge is 0.265 e. The van der Waals surface area contributed by atoms with E-state index in [0.29, 0.717) is 0 Å². The summed E-state index contributed by atoms with van der Waals surface area (Å²) < 4.78 is 0. The van der Waals surface area contributed by atoms with Crippen molar-refractivity contribution >= 4 is 75.8 Å². The van der Waals surface area contributed by atoms with Gasteiger partial charge in [-0.25, -0.2) is 0 Å². The Morgan fingerprint density at radius 3 is 0.769 bits per heavy atom. The standard InChI is InChI=1S/C106H76N2/c1-69-17-9-11-23-73(31-29-69)75-33-41-83(42-34-75)103-93-53-49-85(71-19-5-3-6-20-71)65-97(93)101(81-45-37-77(38-46-81)79-57-61-107-62-58-79)95-55-51-87(67-99(95)103)105-89-25-13-15-27-91(89)106(92-28-16-14-26-90(92)105)88-52-56-96-100(68-88)104(84-43-35-76(36-44-84)74-24-12-10-18-70(2)30-32-74)94-54-50-86(72-21-7-4-8-22-72)66-98(94)102(96)82-47-39-78(40-48-82)80-59-63-108-64-60-80/h3-8,11-16,19-68H,9-10,17-18H2,1-2H3. The molecule has 0 saturated heterocycles. The van der Waals surface area contributed by atoms with Gasteiger partial charge in [0.1, 0.15) is 0 Å². The zero-order chi connectivity index (χ0) is 72.0. The maximum absolute atomic E-state index is 4.35. The van der Waals surface area contributed by atoms with Crippen LogP contribution in [0.3, 0.4) is 0 Å². The zero-order valence-electron chi connectivity index (χ0n) is 60.5. The fourth-order valence-corrected chi connectivity index (χ4v) is 17.0. The van der Waals surface area contributed by atoms with Crippen LogP contribution in [0.2, 0.25) is 0 Å². The molecule has 2 heteroatoms. The van der Waals surface area contributed by atoms with Gasteiger partial charge in [0, 0.05) is 24.8 Å². The molecule has 2 nitrogen and oxygen atoms in total. The van der Waals surface area contributed by atoms with Crippen molar-refractivity contribution in [3.05, 3.63) is 399 Å². The van der Waals surface area contributed by atoms with Gasteiger partial charge in [-0.15, -0.1) is 0 Å². The third kappa shape index (κ3) is 12.2. The van der Waals surface area contributed by atoms with Crippen molar-refractivity contribution in [3.8, 4) is 111 Å². The van der Waals surface area contributed by atoms with E-state index in [9.17, 15) is 0 Å². The van der Waals surface area contributed by atoms with Crippen LogP contribution in [0.4, 0.5) is 0 Å². The Kier molecular flexibility index (Phi) is 17.1. The average Bonchev–Trinajstić information content (AvgIpc) is 0.721. The van der Waals surface area contributed by atoms with E-state index in [1.54, 1.807) is 0 Å². The first-order chi connectivity index (χ1) is 53.4. The smallest absolute Gasteiger partial charge is 0.0273 e. The second-order valence-corrected chi connectivity index (χ2v) is 29.0. The van der Waals surface area contributed by atoms with Crippen molar-refractivity contribution in [2.45, 2.75) is 39.5 Å². The van der Waals surface area contributed by atoms with Gasteiger partial charge < -0.3 is 0 Å². The number of allylic oxidation sites excluding steroid dienone is 12. The lowest BCUT2D eigenvalue weighted by molar-refractivity contribution is 0.976. The lowest BCUT2D eigenvalue weighted by Gasteiger charge is -2.22. The molecule has 0 saturated carbocycles. The van der Waals surface area contributed by atoms with Crippen LogP contribution in [0, 0.1) is 0 Å². The molecule has 0 aliphatic heterocycles. The SMILES string of the molecule is CC1=CC=C(c2ccc(-c3c4ccc(-c5ccccc5)cc4c(-c4ccc(-c5ccncc5)cc4)c4ccc(-c5c6ccccc6c(-c6ccc7c(-c8ccc(-c9ccncc9)cc8)c8cc(-c9ccccc9)ccc8c(-c8ccc(C9=CC=C(C)CCC=C9)cc8)c7c6)c6ccccc56)cc34)cc2)C=CCC1. The van der Waals surface area contributed by atoms with Gasteiger partial charge in [-0.2, -0.15) is 0 Å². The molecule has 2 aromatic heterocycles. The topological polar surface area (TPSA) is 25.8 Å². The number of hydrogen-bond acceptors (Lipinski definition) is 2. The number of rotatable bonds is 12. The van der Waals surface area contributed by atoms with Crippen LogP contribution in [0.1, 0.15) is 50.7 Å². The number of hydrogen-bond donors (Lipinski definition) is 0. The van der Waals surface area contributed by atoms with Crippen molar-refractivity contribution in [2.24, 2.45) is 0 Å². The van der Waals surface area contributed by atoms with E-state index in [2.05, 4.69) is 376 Å². The van der Waals surface area contributed by atoms with Crippen molar-refractivity contribution in [2.75, 3.05) is 0 Å². The highest BCUT2D eigenvalue weighted by molar-refractivity contribution is 6.27.